The summed E-state index contributed by atoms with van der Waals surface area (Å²) in [5, 5.41) is 2.51. The Bertz CT molecular complexity index is 807. The van der Waals surface area contributed by atoms with Crippen LogP contribution in [0.5, 0.6) is 11.5 Å². The molecule has 2 aromatic carbocycles. The molecule has 0 aromatic heterocycles. The summed E-state index contributed by atoms with van der Waals surface area (Å²) < 4.78 is 42.7. The molecule has 2 aromatic rings. The molecule has 1 N–H and O–H groups in total. The Morgan fingerprint density at radius 2 is 1.77 bits per heavy atom. The summed E-state index contributed by atoms with van der Waals surface area (Å²) in [6.07, 6.45) is -0.409. The first-order valence-electron chi connectivity index (χ1n) is 7.81. The summed E-state index contributed by atoms with van der Waals surface area (Å²) in [5.41, 5.74) is -0.832. The van der Waals surface area contributed by atoms with Crippen molar-refractivity contribution < 1.29 is 32.6 Å². The number of para-hydroxylation sites is 2. The predicted molar refractivity (Wildman–Crippen MR) is 86.0 cm³/mol. The molecular weight excluding hydrogens is 348 g/mol. The highest BCUT2D eigenvalue weighted by Gasteiger charge is 2.22. The SMILES string of the molecule is O=C(COC(=O)c1c(F)cccc1F)NC[C@H]1COc2ccccc2O1. The maximum absolute atomic E-state index is 13.5. The van der Waals surface area contributed by atoms with Crippen molar-refractivity contribution in [2.45, 2.75) is 6.10 Å². The molecular formula is C18H15F2NO5. The monoisotopic (exact) mass is 363 g/mol. The van der Waals surface area contributed by atoms with Crippen LogP contribution in [-0.4, -0.2) is 37.7 Å². The number of hydrogen-bond acceptors (Lipinski definition) is 5. The van der Waals surface area contributed by atoms with Crippen molar-refractivity contribution in [2.75, 3.05) is 19.8 Å². The third-order valence-electron chi connectivity index (χ3n) is 3.60. The average molecular weight is 363 g/mol. The summed E-state index contributed by atoms with van der Waals surface area (Å²) in [7, 11) is 0. The van der Waals surface area contributed by atoms with Gasteiger partial charge in [-0.25, -0.2) is 13.6 Å². The molecule has 1 amide bonds. The highest BCUT2D eigenvalue weighted by Crippen LogP contribution is 2.30. The van der Waals surface area contributed by atoms with Crippen LogP contribution >= 0.6 is 0 Å². The van der Waals surface area contributed by atoms with Gasteiger partial charge >= 0.3 is 5.97 Å². The van der Waals surface area contributed by atoms with E-state index in [4.69, 9.17) is 9.47 Å². The Labute approximate surface area is 147 Å². The molecule has 136 valence electrons. The zero-order valence-corrected chi connectivity index (χ0v) is 13.5. The number of benzene rings is 2. The fraction of sp³-hybridized carbons (Fsp3) is 0.222. The van der Waals surface area contributed by atoms with Gasteiger partial charge < -0.3 is 19.5 Å². The van der Waals surface area contributed by atoms with Crippen molar-refractivity contribution >= 4 is 11.9 Å². The quantitative estimate of drug-likeness (QED) is 0.824. The van der Waals surface area contributed by atoms with Gasteiger partial charge in [-0.3, -0.25) is 4.79 Å². The lowest BCUT2D eigenvalue weighted by Crippen LogP contribution is -2.42. The van der Waals surface area contributed by atoms with Gasteiger partial charge in [0.2, 0.25) is 0 Å². The van der Waals surface area contributed by atoms with E-state index in [0.29, 0.717) is 11.5 Å². The zero-order valence-electron chi connectivity index (χ0n) is 13.5. The number of rotatable bonds is 5. The molecule has 0 bridgehead atoms. The number of ether oxygens (including phenoxy) is 3. The molecule has 0 saturated heterocycles. The van der Waals surface area contributed by atoms with Crippen LogP contribution in [0.4, 0.5) is 8.78 Å². The van der Waals surface area contributed by atoms with Gasteiger partial charge in [0.05, 0.1) is 6.54 Å². The van der Waals surface area contributed by atoms with Gasteiger partial charge in [-0.05, 0) is 24.3 Å². The smallest absolute Gasteiger partial charge is 0.344 e. The summed E-state index contributed by atoms with van der Waals surface area (Å²) in [5.74, 6) is -2.79. The fourth-order valence-corrected chi connectivity index (χ4v) is 2.34. The van der Waals surface area contributed by atoms with Crippen LogP contribution in [0.2, 0.25) is 0 Å². The number of nitrogens with one attached hydrogen (secondary N) is 1. The highest BCUT2D eigenvalue weighted by molar-refractivity contribution is 5.91. The average Bonchev–Trinajstić information content (AvgIpc) is 2.64. The maximum Gasteiger partial charge on any atom is 0.344 e. The van der Waals surface area contributed by atoms with Crippen molar-refractivity contribution in [3.8, 4) is 11.5 Å². The second kappa shape index (κ2) is 7.81. The van der Waals surface area contributed by atoms with E-state index >= 15 is 0 Å². The van der Waals surface area contributed by atoms with Gasteiger partial charge in [0, 0.05) is 0 Å². The molecule has 0 aliphatic carbocycles. The Kier molecular flexibility index (Phi) is 5.31. The van der Waals surface area contributed by atoms with E-state index in [1.807, 2.05) is 6.07 Å². The molecule has 6 nitrogen and oxygen atoms in total. The normalized spacial score (nSPS) is 15.2. The number of carbonyl (C=O) groups excluding carboxylic acids is 2. The maximum atomic E-state index is 13.5. The Hall–Kier alpha value is -3.16. The second-order valence-electron chi connectivity index (χ2n) is 5.47. The number of esters is 1. The molecule has 1 aliphatic heterocycles. The molecule has 0 spiro atoms. The van der Waals surface area contributed by atoms with Crippen molar-refractivity contribution in [1.82, 2.24) is 5.32 Å². The van der Waals surface area contributed by atoms with Crippen molar-refractivity contribution in [1.29, 1.82) is 0 Å². The Balaban J connectivity index is 1.46. The van der Waals surface area contributed by atoms with E-state index < -0.39 is 41.8 Å². The number of fused-ring (bicyclic) bond motifs is 1. The lowest BCUT2D eigenvalue weighted by atomic mass is 10.2. The minimum Gasteiger partial charge on any atom is -0.486 e. The lowest BCUT2D eigenvalue weighted by molar-refractivity contribution is -0.124. The molecule has 0 fully saturated rings. The number of carbonyl (C=O) groups is 2. The second-order valence-corrected chi connectivity index (χ2v) is 5.47. The predicted octanol–water partition coefficient (Wildman–Crippen LogP) is 2.08. The topological polar surface area (TPSA) is 73.9 Å². The van der Waals surface area contributed by atoms with Crippen molar-refractivity contribution in [2.24, 2.45) is 0 Å². The van der Waals surface area contributed by atoms with Crippen LogP contribution in [0.1, 0.15) is 10.4 Å². The highest BCUT2D eigenvalue weighted by atomic mass is 19.1. The van der Waals surface area contributed by atoms with Crippen molar-refractivity contribution in [3.05, 3.63) is 59.7 Å². The van der Waals surface area contributed by atoms with E-state index in [1.165, 1.54) is 0 Å². The van der Waals surface area contributed by atoms with Crippen LogP contribution in [0.15, 0.2) is 42.5 Å². The molecule has 3 rings (SSSR count). The van der Waals surface area contributed by atoms with Crippen LogP contribution in [0.25, 0.3) is 0 Å². The summed E-state index contributed by atoms with van der Waals surface area (Å²) in [6.45, 7) is -0.299. The minimum absolute atomic E-state index is 0.124. The van der Waals surface area contributed by atoms with Gasteiger partial charge in [-0.2, -0.15) is 0 Å². The van der Waals surface area contributed by atoms with E-state index in [1.54, 1.807) is 18.2 Å². The van der Waals surface area contributed by atoms with Crippen LogP contribution in [-0.2, 0) is 9.53 Å². The molecule has 0 radical (unpaired) electrons. The minimum atomic E-state index is -1.25. The first kappa shape index (κ1) is 17.7. The van der Waals surface area contributed by atoms with Crippen LogP contribution < -0.4 is 14.8 Å². The Morgan fingerprint density at radius 1 is 1.08 bits per heavy atom. The van der Waals surface area contributed by atoms with Crippen LogP contribution in [0.3, 0.4) is 0 Å². The standard InChI is InChI=1S/C18H15F2NO5/c19-12-4-3-5-13(20)17(12)18(23)25-10-16(22)21-8-11-9-24-14-6-1-2-7-15(14)26-11/h1-7,11H,8-10H2,(H,21,22)/t11-/m0/s1. The van der Waals surface area contributed by atoms with Crippen molar-refractivity contribution in [3.63, 3.8) is 0 Å². The molecule has 1 aliphatic rings. The van der Waals surface area contributed by atoms with E-state index in [2.05, 4.69) is 10.1 Å². The molecule has 8 heteroatoms. The lowest BCUT2D eigenvalue weighted by Gasteiger charge is -2.26. The van der Waals surface area contributed by atoms with Gasteiger partial charge in [0.1, 0.15) is 29.9 Å². The zero-order chi connectivity index (χ0) is 18.5. The van der Waals surface area contributed by atoms with Gasteiger partial charge in [0.25, 0.3) is 5.91 Å². The third-order valence-corrected chi connectivity index (χ3v) is 3.60. The van der Waals surface area contributed by atoms with E-state index in [0.717, 1.165) is 18.2 Å². The molecule has 1 atom stereocenters. The third kappa shape index (κ3) is 4.08. The largest absolute Gasteiger partial charge is 0.486 e. The summed E-state index contributed by atoms with van der Waals surface area (Å²) >= 11 is 0. The fourth-order valence-electron chi connectivity index (χ4n) is 2.34. The van der Waals surface area contributed by atoms with Gasteiger partial charge in [0.15, 0.2) is 18.1 Å². The Morgan fingerprint density at radius 3 is 2.50 bits per heavy atom. The molecule has 26 heavy (non-hydrogen) atoms. The number of hydrogen-bond donors (Lipinski definition) is 1. The first-order valence-corrected chi connectivity index (χ1v) is 7.81. The molecule has 1 heterocycles. The van der Waals surface area contributed by atoms with Gasteiger partial charge in [-0.15, -0.1) is 0 Å². The van der Waals surface area contributed by atoms with E-state index in [-0.39, 0.29) is 13.2 Å². The first-order chi connectivity index (χ1) is 12.5. The van der Waals surface area contributed by atoms with Crippen LogP contribution in [0, 0.1) is 11.6 Å². The van der Waals surface area contributed by atoms with E-state index in [9.17, 15) is 18.4 Å². The summed E-state index contributed by atoms with van der Waals surface area (Å²) in [6, 6.07) is 10.1. The molecule has 0 unspecified atom stereocenters. The number of halogens is 2. The van der Waals surface area contributed by atoms with Gasteiger partial charge in [-0.1, -0.05) is 18.2 Å². The molecule has 0 saturated carbocycles. The summed E-state index contributed by atoms with van der Waals surface area (Å²) in [4.78, 5) is 23.5. The number of amides is 1.